The van der Waals surface area contributed by atoms with Crippen LogP contribution >= 0.6 is 0 Å². The topological polar surface area (TPSA) is 57.6 Å². The number of carbonyl (C=O) groups is 2. The van der Waals surface area contributed by atoms with Crippen molar-refractivity contribution in [3.05, 3.63) is 12.2 Å². The minimum atomic E-state index is -0.792. The SMILES string of the molecule is CCCCCCCC/C=C\CCCCCCCCN1C(=O)CC(C(=O)O)C1CCCCCCCCC. The van der Waals surface area contributed by atoms with Crippen LogP contribution in [0.1, 0.15) is 162 Å². The van der Waals surface area contributed by atoms with Gasteiger partial charge < -0.3 is 10.0 Å². The van der Waals surface area contributed by atoms with Crippen molar-refractivity contribution in [2.24, 2.45) is 5.92 Å². The first-order valence-corrected chi connectivity index (χ1v) is 15.8. The van der Waals surface area contributed by atoms with Crippen molar-refractivity contribution < 1.29 is 14.7 Å². The van der Waals surface area contributed by atoms with Crippen molar-refractivity contribution in [2.75, 3.05) is 6.54 Å². The number of likely N-dealkylation sites (tertiary alicyclic amines) is 1. The molecule has 0 saturated carbocycles. The lowest BCUT2D eigenvalue weighted by Crippen LogP contribution is -2.38. The molecule has 210 valence electrons. The monoisotopic (exact) mass is 505 g/mol. The largest absolute Gasteiger partial charge is 0.481 e. The van der Waals surface area contributed by atoms with Crippen molar-refractivity contribution in [1.82, 2.24) is 4.90 Å². The van der Waals surface area contributed by atoms with E-state index in [0.717, 1.165) is 38.6 Å². The summed E-state index contributed by atoms with van der Waals surface area (Å²) in [7, 11) is 0. The molecule has 0 spiro atoms. The number of hydrogen-bond acceptors (Lipinski definition) is 2. The minimum Gasteiger partial charge on any atom is -0.481 e. The van der Waals surface area contributed by atoms with E-state index in [1.165, 1.54) is 109 Å². The van der Waals surface area contributed by atoms with Gasteiger partial charge >= 0.3 is 5.97 Å². The minimum absolute atomic E-state index is 0.0584. The molecule has 0 aromatic heterocycles. The van der Waals surface area contributed by atoms with Gasteiger partial charge in [0.05, 0.1) is 5.92 Å². The first kappa shape index (κ1) is 32.7. The van der Waals surface area contributed by atoms with E-state index in [1.54, 1.807) is 0 Å². The van der Waals surface area contributed by atoms with Crippen molar-refractivity contribution in [2.45, 2.75) is 168 Å². The van der Waals surface area contributed by atoms with Gasteiger partial charge in [-0.05, 0) is 38.5 Å². The highest BCUT2D eigenvalue weighted by atomic mass is 16.4. The molecule has 1 saturated heterocycles. The number of rotatable bonds is 25. The Morgan fingerprint density at radius 3 is 1.67 bits per heavy atom. The van der Waals surface area contributed by atoms with Gasteiger partial charge in [-0.1, -0.05) is 129 Å². The summed E-state index contributed by atoms with van der Waals surface area (Å²) in [5, 5.41) is 9.65. The van der Waals surface area contributed by atoms with Crippen LogP contribution in [0.3, 0.4) is 0 Å². The molecule has 4 heteroatoms. The Bertz CT molecular complexity index is 574. The number of allylic oxidation sites excluding steroid dienone is 2. The number of unbranched alkanes of at least 4 members (excludes halogenated alkanes) is 18. The molecule has 36 heavy (non-hydrogen) atoms. The molecule has 1 aliphatic rings. The molecule has 0 aliphatic carbocycles. The lowest BCUT2D eigenvalue weighted by molar-refractivity contribution is -0.142. The molecule has 1 aliphatic heterocycles. The zero-order valence-electron chi connectivity index (χ0n) is 24.0. The van der Waals surface area contributed by atoms with Crippen LogP contribution in [0.15, 0.2) is 12.2 Å². The van der Waals surface area contributed by atoms with Crippen molar-refractivity contribution in [3.63, 3.8) is 0 Å². The van der Waals surface area contributed by atoms with E-state index >= 15 is 0 Å². The first-order valence-electron chi connectivity index (χ1n) is 15.8. The molecular formula is C32H59NO3. The van der Waals surface area contributed by atoms with Gasteiger partial charge in [-0.15, -0.1) is 0 Å². The number of carbonyl (C=O) groups excluding carboxylic acids is 1. The quantitative estimate of drug-likeness (QED) is 0.0992. The van der Waals surface area contributed by atoms with Gasteiger partial charge in [0.15, 0.2) is 0 Å². The van der Waals surface area contributed by atoms with Crippen molar-refractivity contribution >= 4 is 11.9 Å². The number of nitrogens with zero attached hydrogens (tertiary/aromatic N) is 1. The number of aliphatic carboxylic acids is 1. The molecule has 0 aromatic carbocycles. The second-order valence-corrected chi connectivity index (χ2v) is 11.2. The highest BCUT2D eigenvalue weighted by Crippen LogP contribution is 2.30. The van der Waals surface area contributed by atoms with Crippen LogP contribution in [0.4, 0.5) is 0 Å². The molecule has 1 fully saturated rings. The molecule has 0 radical (unpaired) electrons. The molecule has 1 rings (SSSR count). The molecule has 4 nitrogen and oxygen atoms in total. The van der Waals surface area contributed by atoms with Gasteiger partial charge in [0.1, 0.15) is 0 Å². The van der Waals surface area contributed by atoms with Gasteiger partial charge in [0.25, 0.3) is 0 Å². The average Bonchev–Trinajstić information content (AvgIpc) is 3.18. The summed E-state index contributed by atoms with van der Waals surface area (Å²) >= 11 is 0. The van der Waals surface area contributed by atoms with E-state index in [1.807, 2.05) is 4.90 Å². The molecular weight excluding hydrogens is 446 g/mol. The fourth-order valence-electron chi connectivity index (χ4n) is 5.58. The van der Waals surface area contributed by atoms with E-state index in [2.05, 4.69) is 26.0 Å². The summed E-state index contributed by atoms with van der Waals surface area (Å²) in [5.41, 5.74) is 0. The zero-order valence-corrected chi connectivity index (χ0v) is 24.0. The highest BCUT2D eigenvalue weighted by Gasteiger charge is 2.42. The van der Waals surface area contributed by atoms with Crippen LogP contribution in [0.25, 0.3) is 0 Å². The van der Waals surface area contributed by atoms with E-state index < -0.39 is 11.9 Å². The third-order valence-corrected chi connectivity index (χ3v) is 7.91. The highest BCUT2D eigenvalue weighted by molar-refractivity contribution is 5.87. The number of carboxylic acid groups (broad SMARTS) is 1. The van der Waals surface area contributed by atoms with Crippen LogP contribution in [0, 0.1) is 5.92 Å². The van der Waals surface area contributed by atoms with Crippen LogP contribution in [-0.2, 0) is 9.59 Å². The summed E-state index contributed by atoms with van der Waals surface area (Å²) in [4.78, 5) is 26.2. The molecule has 1 N–H and O–H groups in total. The average molecular weight is 506 g/mol. The Morgan fingerprint density at radius 2 is 1.17 bits per heavy atom. The normalized spacial score (nSPS) is 18.1. The van der Waals surface area contributed by atoms with E-state index in [4.69, 9.17) is 0 Å². The zero-order chi connectivity index (χ0) is 26.3. The second kappa shape index (κ2) is 22.8. The fourth-order valence-corrected chi connectivity index (χ4v) is 5.58. The van der Waals surface area contributed by atoms with Crippen molar-refractivity contribution in [3.8, 4) is 0 Å². The van der Waals surface area contributed by atoms with E-state index in [0.29, 0.717) is 0 Å². The molecule has 2 atom stereocenters. The summed E-state index contributed by atoms with van der Waals surface area (Å²) < 4.78 is 0. The Morgan fingerprint density at radius 1 is 0.722 bits per heavy atom. The van der Waals surface area contributed by atoms with Gasteiger partial charge in [-0.25, -0.2) is 0 Å². The predicted molar refractivity (Wildman–Crippen MR) is 153 cm³/mol. The van der Waals surface area contributed by atoms with Crippen molar-refractivity contribution in [1.29, 1.82) is 0 Å². The maximum Gasteiger partial charge on any atom is 0.309 e. The van der Waals surface area contributed by atoms with Crippen LogP contribution < -0.4 is 0 Å². The lowest BCUT2D eigenvalue weighted by atomic mass is 9.94. The first-order chi connectivity index (χ1) is 17.6. The van der Waals surface area contributed by atoms with Gasteiger partial charge in [0.2, 0.25) is 5.91 Å². The summed E-state index contributed by atoms with van der Waals surface area (Å²) in [6, 6.07) is -0.0891. The lowest BCUT2D eigenvalue weighted by Gasteiger charge is -2.27. The smallest absolute Gasteiger partial charge is 0.309 e. The molecule has 0 aromatic rings. The molecule has 2 unspecified atom stereocenters. The van der Waals surface area contributed by atoms with Crippen LogP contribution in [0.2, 0.25) is 0 Å². The molecule has 0 bridgehead atoms. The third-order valence-electron chi connectivity index (χ3n) is 7.91. The second-order valence-electron chi connectivity index (χ2n) is 11.2. The summed E-state index contributed by atoms with van der Waals surface area (Å²) in [6.45, 7) is 5.24. The Kier molecular flexibility index (Phi) is 20.8. The Hall–Kier alpha value is -1.32. The number of amides is 1. The molecule has 1 heterocycles. The van der Waals surface area contributed by atoms with Gasteiger partial charge in [0, 0.05) is 19.0 Å². The number of carboxylic acids is 1. The maximum atomic E-state index is 12.6. The maximum absolute atomic E-state index is 12.6. The van der Waals surface area contributed by atoms with E-state index in [-0.39, 0.29) is 18.4 Å². The predicted octanol–water partition coefficient (Wildman–Crippen LogP) is 9.47. The van der Waals surface area contributed by atoms with E-state index in [9.17, 15) is 14.7 Å². The Labute approximate surface area is 223 Å². The standard InChI is InChI=1S/C32H59NO3/c1-3-5-7-9-11-12-13-14-15-16-17-18-19-21-23-25-27-33-30(29(32(35)36)28-31(33)34)26-24-22-20-10-8-6-4-2/h14-15,29-30H,3-13,16-28H2,1-2H3,(H,35,36)/b15-14-. The third kappa shape index (κ3) is 15.7. The Balaban J connectivity index is 2.11. The number of hydrogen-bond donors (Lipinski definition) is 1. The summed E-state index contributed by atoms with van der Waals surface area (Å²) in [6.07, 6.45) is 32.2. The molecule has 1 amide bonds. The van der Waals surface area contributed by atoms with Gasteiger partial charge in [-0.2, -0.15) is 0 Å². The summed E-state index contributed by atoms with van der Waals surface area (Å²) in [5.74, 6) is -1.24. The van der Waals surface area contributed by atoms with Crippen LogP contribution in [0.5, 0.6) is 0 Å². The van der Waals surface area contributed by atoms with Crippen LogP contribution in [-0.4, -0.2) is 34.5 Å². The van der Waals surface area contributed by atoms with Gasteiger partial charge in [-0.3, -0.25) is 9.59 Å². The fraction of sp³-hybridized carbons (Fsp3) is 0.875.